The number of nitrogens with zero attached hydrogens (tertiary/aromatic N) is 2. The number of hydrogen-bond donors (Lipinski definition) is 1. The highest BCUT2D eigenvalue weighted by Gasteiger charge is 2.36. The Morgan fingerprint density at radius 1 is 1.35 bits per heavy atom. The van der Waals surface area contributed by atoms with Crippen LogP contribution in [0, 0.1) is 0 Å². The molecule has 0 fully saturated rings. The van der Waals surface area contributed by atoms with Crippen LogP contribution in [0.15, 0.2) is 16.8 Å². The first-order chi connectivity index (χ1) is 10.9. The molecule has 0 radical (unpaired) electrons. The van der Waals surface area contributed by atoms with Crippen molar-refractivity contribution in [1.82, 2.24) is 9.97 Å². The molecule has 0 bridgehead atoms. The summed E-state index contributed by atoms with van der Waals surface area (Å²) in [6.07, 6.45) is 3.66. The topological polar surface area (TPSA) is 95.2 Å². The Hall–Kier alpha value is -1.90. The maximum absolute atomic E-state index is 12.0. The maximum atomic E-state index is 12.0. The van der Waals surface area contributed by atoms with E-state index in [-0.39, 0.29) is 0 Å². The van der Waals surface area contributed by atoms with Gasteiger partial charge in [0.25, 0.3) is 0 Å². The molecule has 0 saturated heterocycles. The van der Waals surface area contributed by atoms with Crippen LogP contribution in [0.1, 0.15) is 24.5 Å². The second-order valence-electron chi connectivity index (χ2n) is 4.95. The minimum atomic E-state index is -1.70. The molecule has 8 heteroatoms. The predicted octanol–water partition coefficient (Wildman–Crippen LogP) is 2.30. The summed E-state index contributed by atoms with van der Waals surface area (Å²) >= 11 is 3.04. The number of esters is 1. The molecule has 2 aromatic rings. The van der Waals surface area contributed by atoms with Gasteiger partial charge in [-0.25, -0.2) is 14.8 Å². The largest absolute Gasteiger partial charge is 0.467 e. The van der Waals surface area contributed by atoms with Crippen molar-refractivity contribution in [3.63, 3.8) is 0 Å². The zero-order chi connectivity index (χ0) is 17.0. The molecule has 2 aromatic heterocycles. The molecule has 1 unspecified atom stereocenters. The Kier molecular flexibility index (Phi) is 5.40. The van der Waals surface area contributed by atoms with Gasteiger partial charge in [0, 0.05) is 10.8 Å². The molecule has 2 N–H and O–H groups in total. The summed E-state index contributed by atoms with van der Waals surface area (Å²) in [6, 6.07) is 0. The molecular formula is C15H17N3O3S2. The number of carbonyl (C=O) groups excluding carboxylic acids is 2. The second-order valence-corrected chi connectivity index (χ2v) is 6.75. The first-order valence-corrected chi connectivity index (χ1v) is 8.64. The molecule has 0 spiro atoms. The lowest BCUT2D eigenvalue weighted by Gasteiger charge is -2.17. The lowest BCUT2D eigenvalue weighted by Crippen LogP contribution is -2.52. The quantitative estimate of drug-likeness (QED) is 0.487. The highest BCUT2D eigenvalue weighted by Crippen LogP contribution is 2.26. The van der Waals surface area contributed by atoms with Crippen LogP contribution in [0.25, 0.3) is 16.8 Å². The molecule has 0 aliphatic carbocycles. The number of methoxy groups -OCH3 is 1. The van der Waals surface area contributed by atoms with Crippen molar-refractivity contribution in [2.45, 2.75) is 25.8 Å². The number of ketones is 1. The average Bonchev–Trinajstić information content (AvgIpc) is 3.19. The highest BCUT2D eigenvalue weighted by atomic mass is 32.1. The van der Waals surface area contributed by atoms with Crippen LogP contribution < -0.4 is 5.73 Å². The summed E-state index contributed by atoms with van der Waals surface area (Å²) in [4.78, 5) is 32.4. The van der Waals surface area contributed by atoms with Crippen molar-refractivity contribution in [3.8, 4) is 10.7 Å². The first-order valence-electron chi connectivity index (χ1n) is 6.88. The minimum Gasteiger partial charge on any atom is -0.467 e. The summed E-state index contributed by atoms with van der Waals surface area (Å²) in [5.41, 5.74) is 5.44. The van der Waals surface area contributed by atoms with Crippen LogP contribution in [-0.4, -0.2) is 34.4 Å². The van der Waals surface area contributed by atoms with Gasteiger partial charge in [0.1, 0.15) is 10.7 Å². The van der Waals surface area contributed by atoms with E-state index in [0.717, 1.165) is 22.1 Å². The van der Waals surface area contributed by atoms with Gasteiger partial charge < -0.3 is 10.5 Å². The SMILES string of the molecule is CCc1nc(-c2nc(C=CC(=O)C(C)(N)C(=O)OC)cs2)cs1. The summed E-state index contributed by atoms with van der Waals surface area (Å²) in [5, 5.41) is 5.62. The third kappa shape index (κ3) is 3.90. The smallest absolute Gasteiger partial charge is 0.333 e. The van der Waals surface area contributed by atoms with Gasteiger partial charge in [-0.3, -0.25) is 4.79 Å². The van der Waals surface area contributed by atoms with Crippen molar-refractivity contribution in [2.24, 2.45) is 5.73 Å². The van der Waals surface area contributed by atoms with Gasteiger partial charge in [-0.15, -0.1) is 22.7 Å². The molecule has 122 valence electrons. The number of thiazole rings is 2. The standard InChI is InChI=1S/C15H17N3O3S2/c1-4-12-18-10(8-22-12)13-17-9(7-23-13)5-6-11(19)15(2,16)14(20)21-3/h5-8H,4,16H2,1-3H3. The Labute approximate surface area is 142 Å². The molecule has 0 saturated carbocycles. The minimum absolute atomic E-state index is 0.541. The lowest BCUT2D eigenvalue weighted by molar-refractivity contribution is -0.149. The Morgan fingerprint density at radius 2 is 2.09 bits per heavy atom. The monoisotopic (exact) mass is 351 g/mol. The fraction of sp³-hybridized carbons (Fsp3) is 0.333. The highest BCUT2D eigenvalue weighted by molar-refractivity contribution is 7.14. The van der Waals surface area contributed by atoms with Crippen LogP contribution in [0.4, 0.5) is 0 Å². The van der Waals surface area contributed by atoms with Gasteiger partial charge in [0.05, 0.1) is 17.8 Å². The summed E-state index contributed by atoms with van der Waals surface area (Å²) < 4.78 is 4.52. The Morgan fingerprint density at radius 3 is 2.70 bits per heavy atom. The van der Waals surface area contributed by atoms with Gasteiger partial charge in [0.2, 0.25) is 0 Å². The first kappa shape index (κ1) is 17.5. The zero-order valence-corrected chi connectivity index (χ0v) is 14.7. The maximum Gasteiger partial charge on any atom is 0.333 e. The normalized spacial score (nSPS) is 13.9. The van der Waals surface area contributed by atoms with E-state index in [2.05, 4.69) is 21.6 Å². The van der Waals surface area contributed by atoms with E-state index in [4.69, 9.17) is 5.73 Å². The second kappa shape index (κ2) is 7.12. The zero-order valence-electron chi connectivity index (χ0n) is 13.0. The van der Waals surface area contributed by atoms with Crippen molar-refractivity contribution in [2.75, 3.05) is 7.11 Å². The Bertz CT molecular complexity index is 747. The number of nitrogens with two attached hydrogens (primary N) is 1. The van der Waals surface area contributed by atoms with E-state index in [1.807, 2.05) is 10.8 Å². The predicted molar refractivity (Wildman–Crippen MR) is 91.2 cm³/mol. The summed E-state index contributed by atoms with van der Waals surface area (Å²) in [5.74, 6) is -1.32. The van der Waals surface area contributed by atoms with Crippen LogP contribution >= 0.6 is 22.7 Å². The van der Waals surface area contributed by atoms with E-state index in [1.165, 1.54) is 37.5 Å². The van der Waals surface area contributed by atoms with Gasteiger partial charge in [-0.2, -0.15) is 0 Å². The van der Waals surface area contributed by atoms with Crippen molar-refractivity contribution < 1.29 is 14.3 Å². The van der Waals surface area contributed by atoms with Crippen molar-refractivity contribution in [1.29, 1.82) is 0 Å². The van der Waals surface area contributed by atoms with Gasteiger partial charge in [0.15, 0.2) is 11.3 Å². The van der Waals surface area contributed by atoms with Gasteiger partial charge in [-0.05, 0) is 25.5 Å². The van der Waals surface area contributed by atoms with Crippen molar-refractivity contribution in [3.05, 3.63) is 27.5 Å². The van der Waals surface area contributed by atoms with Gasteiger partial charge in [-0.1, -0.05) is 6.92 Å². The molecule has 1 atom stereocenters. The lowest BCUT2D eigenvalue weighted by atomic mass is 9.97. The number of aryl methyl sites for hydroxylation is 1. The third-order valence-corrected chi connectivity index (χ3v) is 5.00. The summed E-state index contributed by atoms with van der Waals surface area (Å²) in [6.45, 7) is 3.37. The van der Waals surface area contributed by atoms with Crippen LogP contribution in [0.3, 0.4) is 0 Å². The Balaban J connectivity index is 2.12. The molecule has 0 aliphatic rings. The average molecular weight is 351 g/mol. The number of ether oxygens (including phenoxy) is 1. The van der Waals surface area contributed by atoms with Crippen LogP contribution in [-0.2, 0) is 20.7 Å². The van der Waals surface area contributed by atoms with Crippen molar-refractivity contribution >= 4 is 40.5 Å². The fourth-order valence-electron chi connectivity index (χ4n) is 1.70. The number of rotatable bonds is 6. The molecule has 0 aliphatic heterocycles. The van der Waals surface area contributed by atoms with Crippen LogP contribution in [0.5, 0.6) is 0 Å². The molecular weight excluding hydrogens is 334 g/mol. The fourth-order valence-corrected chi connectivity index (χ4v) is 3.25. The molecule has 0 amide bonds. The number of aromatic nitrogens is 2. The van der Waals surface area contributed by atoms with E-state index >= 15 is 0 Å². The van der Waals surface area contributed by atoms with E-state index in [9.17, 15) is 9.59 Å². The molecule has 2 rings (SSSR count). The van der Waals surface area contributed by atoms with E-state index in [0.29, 0.717) is 5.69 Å². The van der Waals surface area contributed by atoms with Gasteiger partial charge >= 0.3 is 5.97 Å². The van der Waals surface area contributed by atoms with Crippen LogP contribution in [0.2, 0.25) is 0 Å². The number of carbonyl (C=O) groups is 2. The molecule has 6 nitrogen and oxygen atoms in total. The van der Waals surface area contributed by atoms with E-state index in [1.54, 1.807) is 11.3 Å². The summed E-state index contributed by atoms with van der Waals surface area (Å²) in [7, 11) is 1.19. The molecule has 23 heavy (non-hydrogen) atoms. The van der Waals surface area contributed by atoms with E-state index < -0.39 is 17.3 Å². The molecule has 0 aromatic carbocycles. The number of hydrogen-bond acceptors (Lipinski definition) is 8. The molecule has 2 heterocycles. The third-order valence-electron chi connectivity index (χ3n) is 3.12.